The van der Waals surface area contributed by atoms with E-state index in [2.05, 4.69) is 10.2 Å². The van der Waals surface area contributed by atoms with Gasteiger partial charge in [-0.1, -0.05) is 0 Å². The first-order valence-corrected chi connectivity index (χ1v) is 3.91. The number of piperazine rings is 1. The van der Waals surface area contributed by atoms with Gasteiger partial charge in [0.15, 0.2) is 0 Å². The Morgan fingerprint density at radius 2 is 2.50 bits per heavy atom. The van der Waals surface area contributed by atoms with E-state index in [0.717, 1.165) is 19.6 Å². The highest BCUT2D eigenvalue weighted by Gasteiger charge is 2.37. The molecule has 0 spiro atoms. The predicted octanol–water partition coefficient (Wildman–Crippen LogP) is -0.960. The Kier molecular flexibility index (Phi) is 1.64. The highest BCUT2D eigenvalue weighted by atomic mass is 16.3. The molecule has 0 aromatic heterocycles. The van der Waals surface area contributed by atoms with Gasteiger partial charge in [0.2, 0.25) is 0 Å². The summed E-state index contributed by atoms with van der Waals surface area (Å²) >= 11 is 0. The highest BCUT2D eigenvalue weighted by Crippen LogP contribution is 2.23. The molecule has 2 bridgehead atoms. The Bertz CT molecular complexity index is 129. The molecular weight excluding hydrogens is 128 g/mol. The maximum Gasteiger partial charge on any atom is 0.0558 e. The SMILES string of the molecule is OCCN1C[C@@H]2C[C@H]1C[N]2. The molecule has 0 aliphatic carbocycles. The minimum absolute atomic E-state index is 0.295. The van der Waals surface area contributed by atoms with E-state index in [0.29, 0.717) is 18.7 Å². The molecule has 3 nitrogen and oxygen atoms in total. The van der Waals surface area contributed by atoms with Crippen LogP contribution in [0.2, 0.25) is 0 Å². The van der Waals surface area contributed by atoms with Gasteiger partial charge in [-0.3, -0.25) is 4.90 Å². The van der Waals surface area contributed by atoms with Crippen LogP contribution in [-0.2, 0) is 0 Å². The van der Waals surface area contributed by atoms with Crippen LogP contribution < -0.4 is 5.32 Å². The number of fused-ring (bicyclic) bond motifs is 2. The molecule has 2 heterocycles. The van der Waals surface area contributed by atoms with E-state index in [1.165, 1.54) is 6.42 Å². The number of β-amino-alcohol motifs (C(OH)–C–C–N with tert-alkyl or cyclic N) is 1. The van der Waals surface area contributed by atoms with Gasteiger partial charge >= 0.3 is 0 Å². The molecule has 0 saturated carbocycles. The molecule has 2 atom stereocenters. The Labute approximate surface area is 61.0 Å². The molecule has 57 valence electrons. The number of hydrogen-bond donors (Lipinski definition) is 1. The zero-order chi connectivity index (χ0) is 6.97. The summed E-state index contributed by atoms with van der Waals surface area (Å²) < 4.78 is 0. The molecule has 2 fully saturated rings. The lowest BCUT2D eigenvalue weighted by molar-refractivity contribution is 0.169. The topological polar surface area (TPSA) is 37.6 Å². The van der Waals surface area contributed by atoms with E-state index in [9.17, 15) is 0 Å². The number of likely N-dealkylation sites (tertiary alicyclic amines) is 1. The summed E-state index contributed by atoms with van der Waals surface area (Å²) in [6, 6.07) is 1.26. The van der Waals surface area contributed by atoms with E-state index in [4.69, 9.17) is 5.11 Å². The Hall–Kier alpha value is -0.120. The fourth-order valence-corrected chi connectivity index (χ4v) is 1.95. The van der Waals surface area contributed by atoms with Crippen molar-refractivity contribution in [3.63, 3.8) is 0 Å². The summed E-state index contributed by atoms with van der Waals surface area (Å²) in [5.41, 5.74) is 0. The summed E-state index contributed by atoms with van der Waals surface area (Å²) in [7, 11) is 0. The van der Waals surface area contributed by atoms with Crippen LogP contribution in [0, 0.1) is 0 Å². The van der Waals surface area contributed by atoms with Crippen LogP contribution in [0.5, 0.6) is 0 Å². The fourth-order valence-electron chi connectivity index (χ4n) is 1.95. The molecule has 0 unspecified atom stereocenters. The summed E-state index contributed by atoms with van der Waals surface area (Å²) in [6.07, 6.45) is 1.24. The van der Waals surface area contributed by atoms with Crippen molar-refractivity contribution < 1.29 is 5.11 Å². The van der Waals surface area contributed by atoms with Gasteiger partial charge in [-0.05, 0) is 6.42 Å². The summed E-state index contributed by atoms with van der Waals surface area (Å²) in [6.45, 7) is 3.23. The van der Waals surface area contributed by atoms with Crippen molar-refractivity contribution >= 4 is 0 Å². The molecule has 2 rings (SSSR count). The third-order valence-corrected chi connectivity index (χ3v) is 2.47. The third kappa shape index (κ3) is 0.944. The fraction of sp³-hybridized carbons (Fsp3) is 1.00. The highest BCUT2D eigenvalue weighted by molar-refractivity contribution is 4.96. The van der Waals surface area contributed by atoms with Gasteiger partial charge in [-0.2, -0.15) is 0 Å². The number of aliphatic hydroxyl groups excluding tert-OH is 1. The van der Waals surface area contributed by atoms with Gasteiger partial charge in [0.05, 0.1) is 6.61 Å². The van der Waals surface area contributed by atoms with Crippen LogP contribution in [0.25, 0.3) is 0 Å². The first-order valence-electron chi connectivity index (χ1n) is 3.91. The van der Waals surface area contributed by atoms with Gasteiger partial charge in [0, 0.05) is 31.7 Å². The molecule has 1 radical (unpaired) electrons. The third-order valence-electron chi connectivity index (χ3n) is 2.47. The van der Waals surface area contributed by atoms with E-state index < -0.39 is 0 Å². The van der Waals surface area contributed by atoms with Crippen molar-refractivity contribution in [2.45, 2.75) is 18.5 Å². The second kappa shape index (κ2) is 2.49. The smallest absolute Gasteiger partial charge is 0.0558 e. The zero-order valence-corrected chi connectivity index (χ0v) is 6.03. The molecule has 2 aliphatic heterocycles. The van der Waals surface area contributed by atoms with Crippen molar-refractivity contribution in [3.05, 3.63) is 0 Å². The van der Waals surface area contributed by atoms with Crippen molar-refractivity contribution in [1.82, 2.24) is 10.2 Å². The standard InChI is InChI=1S/C7H13N2O/c10-2-1-9-5-6-3-7(9)4-8-6/h6-7,10H,1-5H2/t6-,7-/m0/s1. The monoisotopic (exact) mass is 141 g/mol. The van der Waals surface area contributed by atoms with Gasteiger partial charge < -0.3 is 5.11 Å². The predicted molar refractivity (Wildman–Crippen MR) is 37.9 cm³/mol. The van der Waals surface area contributed by atoms with Crippen LogP contribution in [0.3, 0.4) is 0 Å². The quantitative estimate of drug-likeness (QED) is 0.538. The second-order valence-electron chi connectivity index (χ2n) is 3.13. The molecule has 0 aromatic rings. The Morgan fingerprint density at radius 3 is 3.00 bits per heavy atom. The maximum atomic E-state index is 8.68. The van der Waals surface area contributed by atoms with Crippen LogP contribution >= 0.6 is 0 Å². The molecule has 0 amide bonds. The average Bonchev–Trinajstić information content (AvgIpc) is 2.48. The van der Waals surface area contributed by atoms with Crippen LogP contribution in [0.1, 0.15) is 6.42 Å². The van der Waals surface area contributed by atoms with Crippen LogP contribution in [0.4, 0.5) is 0 Å². The molecule has 2 aliphatic rings. The number of aliphatic hydroxyl groups is 1. The molecule has 2 saturated heterocycles. The summed E-state index contributed by atoms with van der Waals surface area (Å²) in [5, 5.41) is 13.1. The summed E-state index contributed by atoms with van der Waals surface area (Å²) in [4.78, 5) is 2.34. The van der Waals surface area contributed by atoms with E-state index in [1.54, 1.807) is 0 Å². The Balaban J connectivity index is 1.90. The lowest BCUT2D eigenvalue weighted by atomic mass is 10.2. The van der Waals surface area contributed by atoms with Gasteiger partial charge in [0.25, 0.3) is 0 Å². The summed E-state index contributed by atoms with van der Waals surface area (Å²) in [5.74, 6) is 0. The number of hydrogen-bond acceptors (Lipinski definition) is 2. The lowest BCUT2D eigenvalue weighted by Gasteiger charge is -2.25. The van der Waals surface area contributed by atoms with Gasteiger partial charge in [-0.15, -0.1) is 0 Å². The van der Waals surface area contributed by atoms with Crippen molar-refractivity contribution in [1.29, 1.82) is 0 Å². The lowest BCUT2D eigenvalue weighted by Crippen LogP contribution is -2.41. The van der Waals surface area contributed by atoms with Crippen LogP contribution in [0.15, 0.2) is 0 Å². The number of nitrogens with zero attached hydrogens (tertiary/aromatic N) is 2. The van der Waals surface area contributed by atoms with Crippen molar-refractivity contribution in [3.8, 4) is 0 Å². The van der Waals surface area contributed by atoms with Crippen molar-refractivity contribution in [2.24, 2.45) is 0 Å². The second-order valence-corrected chi connectivity index (χ2v) is 3.13. The average molecular weight is 141 g/mol. The molecule has 10 heavy (non-hydrogen) atoms. The van der Waals surface area contributed by atoms with Crippen LogP contribution in [-0.4, -0.2) is 48.3 Å². The molecule has 1 N–H and O–H groups in total. The first kappa shape index (κ1) is 6.58. The maximum absolute atomic E-state index is 8.68. The first-order chi connectivity index (χ1) is 4.90. The normalized spacial score (nSPS) is 39.3. The molecule has 0 aromatic carbocycles. The largest absolute Gasteiger partial charge is 0.395 e. The molecular formula is C7H13N2O. The minimum Gasteiger partial charge on any atom is -0.395 e. The van der Waals surface area contributed by atoms with Crippen molar-refractivity contribution in [2.75, 3.05) is 26.2 Å². The van der Waals surface area contributed by atoms with Gasteiger partial charge in [-0.25, -0.2) is 5.32 Å². The minimum atomic E-state index is 0.295. The van der Waals surface area contributed by atoms with E-state index in [-0.39, 0.29) is 0 Å². The molecule has 3 heteroatoms. The van der Waals surface area contributed by atoms with Gasteiger partial charge in [0.1, 0.15) is 0 Å². The number of rotatable bonds is 2. The Morgan fingerprint density at radius 1 is 1.60 bits per heavy atom. The van der Waals surface area contributed by atoms with E-state index >= 15 is 0 Å². The van der Waals surface area contributed by atoms with E-state index in [1.807, 2.05) is 0 Å². The zero-order valence-electron chi connectivity index (χ0n) is 6.03.